The van der Waals surface area contributed by atoms with Gasteiger partial charge in [0, 0.05) is 24.4 Å². The number of amides is 1. The van der Waals surface area contributed by atoms with Crippen LogP contribution >= 0.6 is 0 Å². The fourth-order valence-electron chi connectivity index (χ4n) is 2.30. The maximum absolute atomic E-state index is 12.1. The first kappa shape index (κ1) is 13.5. The highest BCUT2D eigenvalue weighted by atomic mass is 16.2. The lowest BCUT2D eigenvalue weighted by Crippen LogP contribution is -2.48. The molecule has 1 aromatic rings. The molecular weight excluding hydrogens is 238 g/mol. The van der Waals surface area contributed by atoms with E-state index in [0.29, 0.717) is 19.4 Å². The number of carbonyl (C=O) groups excluding carboxylic acids is 1. The Bertz CT molecular complexity index is 498. The van der Waals surface area contributed by atoms with Crippen LogP contribution in [0.3, 0.4) is 0 Å². The molecule has 4 nitrogen and oxygen atoms in total. The van der Waals surface area contributed by atoms with Gasteiger partial charge < -0.3 is 5.32 Å². The van der Waals surface area contributed by atoms with Crippen LogP contribution in [-0.4, -0.2) is 17.4 Å². The summed E-state index contributed by atoms with van der Waals surface area (Å²) in [5.41, 5.74) is 0.190. The summed E-state index contributed by atoms with van der Waals surface area (Å²) in [6, 6.07) is 6.08. The first-order valence-electron chi connectivity index (χ1n) is 6.60. The highest BCUT2D eigenvalue weighted by Crippen LogP contribution is 2.40. The fraction of sp³-hybridized carbons (Fsp3) is 0.533. The molecule has 0 atom stereocenters. The molecule has 0 saturated heterocycles. The highest BCUT2D eigenvalue weighted by Gasteiger charge is 2.44. The molecule has 0 unspecified atom stereocenters. The predicted molar refractivity (Wildman–Crippen MR) is 72.2 cm³/mol. The topological polar surface area (TPSA) is 65.8 Å². The van der Waals surface area contributed by atoms with Crippen LogP contribution < -0.4 is 5.32 Å². The van der Waals surface area contributed by atoms with Gasteiger partial charge in [-0.1, -0.05) is 13.8 Å². The Labute approximate surface area is 113 Å². The van der Waals surface area contributed by atoms with Crippen LogP contribution in [0.1, 0.15) is 38.7 Å². The minimum Gasteiger partial charge on any atom is -0.354 e. The maximum atomic E-state index is 12.1. The molecule has 0 bridgehead atoms. The SMILES string of the molecule is CC(C)(CNC(=O)C1(C#N)CCC1)c1ccncc1. The maximum Gasteiger partial charge on any atom is 0.240 e. The van der Waals surface area contributed by atoms with Crippen molar-refractivity contribution in [3.63, 3.8) is 0 Å². The molecule has 1 aliphatic carbocycles. The first-order valence-corrected chi connectivity index (χ1v) is 6.60. The van der Waals surface area contributed by atoms with Gasteiger partial charge in [-0.3, -0.25) is 9.78 Å². The largest absolute Gasteiger partial charge is 0.354 e. The molecule has 1 amide bonds. The number of rotatable bonds is 4. The van der Waals surface area contributed by atoms with E-state index in [4.69, 9.17) is 5.26 Å². The Balaban J connectivity index is 1.99. The van der Waals surface area contributed by atoms with Gasteiger partial charge in [0.05, 0.1) is 6.07 Å². The third kappa shape index (κ3) is 2.60. The average Bonchev–Trinajstić information content (AvgIpc) is 2.37. The van der Waals surface area contributed by atoms with Gasteiger partial charge >= 0.3 is 0 Å². The van der Waals surface area contributed by atoms with Gasteiger partial charge in [-0.15, -0.1) is 0 Å². The van der Waals surface area contributed by atoms with E-state index in [1.54, 1.807) is 12.4 Å². The van der Waals surface area contributed by atoms with Crippen molar-refractivity contribution >= 4 is 5.91 Å². The summed E-state index contributed by atoms with van der Waals surface area (Å²) in [6.45, 7) is 4.67. The molecule has 1 aromatic heterocycles. The molecule has 0 aromatic carbocycles. The van der Waals surface area contributed by atoms with E-state index in [-0.39, 0.29) is 11.3 Å². The third-order valence-corrected chi connectivity index (χ3v) is 4.01. The quantitative estimate of drug-likeness (QED) is 0.899. The zero-order chi connectivity index (χ0) is 13.9. The number of nitrogens with one attached hydrogen (secondary N) is 1. The summed E-state index contributed by atoms with van der Waals surface area (Å²) in [6.07, 6.45) is 5.84. The zero-order valence-electron chi connectivity index (χ0n) is 11.4. The summed E-state index contributed by atoms with van der Waals surface area (Å²) in [4.78, 5) is 16.1. The van der Waals surface area contributed by atoms with Crippen molar-refractivity contribution in [2.75, 3.05) is 6.54 Å². The molecule has 19 heavy (non-hydrogen) atoms. The van der Waals surface area contributed by atoms with Crippen LogP contribution in [0.2, 0.25) is 0 Å². The van der Waals surface area contributed by atoms with Gasteiger partial charge in [0.1, 0.15) is 5.41 Å². The molecule has 1 saturated carbocycles. The van der Waals surface area contributed by atoms with E-state index in [9.17, 15) is 4.79 Å². The molecule has 4 heteroatoms. The molecule has 100 valence electrons. The number of aromatic nitrogens is 1. The summed E-state index contributed by atoms with van der Waals surface area (Å²) >= 11 is 0. The van der Waals surface area contributed by atoms with Gasteiger partial charge in [-0.25, -0.2) is 0 Å². The molecular formula is C15H19N3O. The molecule has 0 spiro atoms. The van der Waals surface area contributed by atoms with Gasteiger partial charge in [0.2, 0.25) is 5.91 Å². The van der Waals surface area contributed by atoms with Crippen molar-refractivity contribution in [3.05, 3.63) is 30.1 Å². The first-order chi connectivity index (χ1) is 9.00. The van der Waals surface area contributed by atoms with Crippen LogP contribution in [0.25, 0.3) is 0 Å². The second kappa shape index (κ2) is 5.00. The van der Waals surface area contributed by atoms with Crippen molar-refractivity contribution in [1.82, 2.24) is 10.3 Å². The molecule has 0 radical (unpaired) electrons. The molecule has 1 N–H and O–H groups in total. The summed E-state index contributed by atoms with van der Waals surface area (Å²) in [5.74, 6) is -0.122. The van der Waals surface area contributed by atoms with Gasteiger partial charge in [-0.05, 0) is 37.0 Å². The fourth-order valence-corrected chi connectivity index (χ4v) is 2.30. The van der Waals surface area contributed by atoms with E-state index in [1.165, 1.54) is 0 Å². The number of nitrogens with zero attached hydrogens (tertiary/aromatic N) is 2. The van der Waals surface area contributed by atoms with Crippen LogP contribution in [0.4, 0.5) is 0 Å². The van der Waals surface area contributed by atoms with Crippen molar-refractivity contribution < 1.29 is 4.79 Å². The number of pyridine rings is 1. The number of hydrogen-bond acceptors (Lipinski definition) is 3. The Hall–Kier alpha value is -1.89. The van der Waals surface area contributed by atoms with Crippen molar-refractivity contribution in [1.29, 1.82) is 5.26 Å². The standard InChI is InChI=1S/C15H19N3O/c1-14(2,12-4-8-17-9-5-12)11-18-13(19)15(10-16)6-3-7-15/h4-5,8-9H,3,6-7,11H2,1-2H3,(H,18,19). The second-order valence-corrected chi connectivity index (χ2v) is 5.85. The number of hydrogen-bond donors (Lipinski definition) is 1. The van der Waals surface area contributed by atoms with Crippen molar-refractivity contribution in [2.24, 2.45) is 5.41 Å². The average molecular weight is 257 g/mol. The lowest BCUT2D eigenvalue weighted by Gasteiger charge is -2.35. The smallest absolute Gasteiger partial charge is 0.240 e. The molecule has 2 rings (SSSR count). The minimum absolute atomic E-state index is 0.122. The molecule has 1 fully saturated rings. The van der Waals surface area contributed by atoms with Crippen LogP contribution in [0.15, 0.2) is 24.5 Å². The molecule has 1 aliphatic rings. The molecule has 0 aliphatic heterocycles. The number of carbonyl (C=O) groups is 1. The van der Waals surface area contributed by atoms with Gasteiger partial charge in [-0.2, -0.15) is 5.26 Å². The Morgan fingerprint density at radius 3 is 2.58 bits per heavy atom. The molecule has 1 heterocycles. The Morgan fingerprint density at radius 2 is 2.11 bits per heavy atom. The van der Waals surface area contributed by atoms with Gasteiger partial charge in [0.15, 0.2) is 0 Å². The third-order valence-electron chi connectivity index (χ3n) is 4.01. The van der Waals surface area contributed by atoms with E-state index in [0.717, 1.165) is 12.0 Å². The van der Waals surface area contributed by atoms with E-state index in [1.807, 2.05) is 12.1 Å². The Morgan fingerprint density at radius 1 is 1.47 bits per heavy atom. The van der Waals surface area contributed by atoms with Crippen LogP contribution in [0, 0.1) is 16.7 Å². The summed E-state index contributed by atoms with van der Waals surface area (Å²) < 4.78 is 0. The second-order valence-electron chi connectivity index (χ2n) is 5.85. The zero-order valence-corrected chi connectivity index (χ0v) is 11.4. The number of nitriles is 1. The van der Waals surface area contributed by atoms with E-state index >= 15 is 0 Å². The van der Waals surface area contributed by atoms with Crippen LogP contribution in [-0.2, 0) is 10.2 Å². The van der Waals surface area contributed by atoms with Crippen LogP contribution in [0.5, 0.6) is 0 Å². The summed E-state index contributed by atoms with van der Waals surface area (Å²) in [7, 11) is 0. The van der Waals surface area contributed by atoms with Crippen molar-refractivity contribution in [3.8, 4) is 6.07 Å². The Kier molecular flexibility index (Phi) is 3.57. The minimum atomic E-state index is -0.770. The normalized spacial score (nSPS) is 17.1. The van der Waals surface area contributed by atoms with Crippen molar-refractivity contribution in [2.45, 2.75) is 38.5 Å². The lowest BCUT2D eigenvalue weighted by atomic mass is 9.69. The monoisotopic (exact) mass is 257 g/mol. The lowest BCUT2D eigenvalue weighted by molar-refractivity contribution is -0.132. The highest BCUT2D eigenvalue weighted by molar-refractivity contribution is 5.86. The van der Waals surface area contributed by atoms with E-state index in [2.05, 4.69) is 30.2 Å². The predicted octanol–water partition coefficient (Wildman–Crippen LogP) is 2.17. The van der Waals surface area contributed by atoms with E-state index < -0.39 is 5.41 Å². The summed E-state index contributed by atoms with van der Waals surface area (Å²) in [5, 5.41) is 12.1. The van der Waals surface area contributed by atoms with Gasteiger partial charge in [0.25, 0.3) is 0 Å².